The highest BCUT2D eigenvalue weighted by atomic mass is 15.1. The van der Waals surface area contributed by atoms with Gasteiger partial charge in [0, 0.05) is 30.9 Å². The zero-order valence-electron chi connectivity index (χ0n) is 11.4. The summed E-state index contributed by atoms with van der Waals surface area (Å²) in [7, 11) is 0. The maximum Gasteiger partial charge on any atom is 0.110 e. The van der Waals surface area contributed by atoms with E-state index in [1.165, 1.54) is 12.8 Å². The predicted molar refractivity (Wildman–Crippen MR) is 70.8 cm³/mol. The predicted octanol–water partition coefficient (Wildman–Crippen LogP) is 2.74. The molecule has 0 amide bonds. The second kappa shape index (κ2) is 4.45. The number of rotatable bonds is 3. The minimum atomic E-state index is -0.0339. The summed E-state index contributed by atoms with van der Waals surface area (Å²) in [5.74, 6) is 1.15. The molecule has 1 aliphatic rings. The van der Waals surface area contributed by atoms with E-state index in [1.54, 1.807) is 0 Å². The molecule has 2 N–H and O–H groups in total. The lowest BCUT2D eigenvalue weighted by Crippen LogP contribution is -2.47. The summed E-state index contributed by atoms with van der Waals surface area (Å²) >= 11 is 0. The first kappa shape index (κ1) is 12.6. The lowest BCUT2D eigenvalue weighted by atomic mass is 9.68. The summed E-state index contributed by atoms with van der Waals surface area (Å²) in [6, 6.07) is 0. The van der Waals surface area contributed by atoms with Crippen molar-refractivity contribution in [1.29, 1.82) is 0 Å². The van der Waals surface area contributed by atoms with E-state index in [0.717, 1.165) is 31.6 Å². The van der Waals surface area contributed by atoms with Gasteiger partial charge in [0.2, 0.25) is 0 Å². The van der Waals surface area contributed by atoms with Crippen LogP contribution in [-0.4, -0.2) is 15.1 Å². The van der Waals surface area contributed by atoms with Crippen LogP contribution < -0.4 is 5.73 Å². The van der Waals surface area contributed by atoms with E-state index < -0.39 is 0 Å². The van der Waals surface area contributed by atoms with Crippen LogP contribution in [0.2, 0.25) is 0 Å². The quantitative estimate of drug-likeness (QED) is 0.875. The van der Waals surface area contributed by atoms with E-state index in [-0.39, 0.29) is 5.54 Å². The molecule has 1 heterocycles. The number of hydrogen-bond donors (Lipinski definition) is 1. The maximum atomic E-state index is 6.54. The van der Waals surface area contributed by atoms with Crippen molar-refractivity contribution >= 4 is 0 Å². The van der Waals surface area contributed by atoms with Crippen LogP contribution in [0.5, 0.6) is 0 Å². The molecule has 0 aliphatic heterocycles. The molecule has 96 valence electrons. The second-order valence-electron chi connectivity index (χ2n) is 6.33. The molecular formula is C14H25N3. The Labute approximate surface area is 104 Å². The van der Waals surface area contributed by atoms with Crippen LogP contribution in [0.4, 0.5) is 0 Å². The number of nitrogens with zero attached hydrogens (tertiary/aromatic N) is 2. The third-order valence-electron chi connectivity index (χ3n) is 4.25. The van der Waals surface area contributed by atoms with E-state index in [0.29, 0.717) is 5.41 Å². The monoisotopic (exact) mass is 235 g/mol. The van der Waals surface area contributed by atoms with Crippen LogP contribution in [-0.2, 0) is 13.0 Å². The Morgan fingerprint density at radius 1 is 1.29 bits per heavy atom. The Morgan fingerprint density at radius 3 is 2.53 bits per heavy atom. The molecule has 1 aromatic rings. The highest BCUT2D eigenvalue weighted by Gasteiger charge is 2.36. The molecule has 1 aromatic heterocycles. The molecule has 0 saturated heterocycles. The fourth-order valence-electron chi connectivity index (χ4n) is 2.71. The van der Waals surface area contributed by atoms with Gasteiger partial charge in [0.25, 0.3) is 0 Å². The van der Waals surface area contributed by atoms with Gasteiger partial charge in [-0.2, -0.15) is 0 Å². The highest BCUT2D eigenvalue weighted by Crippen LogP contribution is 2.40. The van der Waals surface area contributed by atoms with Gasteiger partial charge in [-0.1, -0.05) is 13.8 Å². The molecule has 17 heavy (non-hydrogen) atoms. The highest BCUT2D eigenvalue weighted by molar-refractivity contribution is 5.03. The number of aryl methyl sites for hydroxylation is 1. The Balaban J connectivity index is 2.04. The summed E-state index contributed by atoms with van der Waals surface area (Å²) in [6.45, 7) is 7.83. The fraction of sp³-hybridized carbons (Fsp3) is 0.786. The van der Waals surface area contributed by atoms with E-state index in [9.17, 15) is 0 Å². The molecular weight excluding hydrogens is 210 g/mol. The average molecular weight is 235 g/mol. The van der Waals surface area contributed by atoms with Crippen molar-refractivity contribution in [2.45, 2.75) is 65.0 Å². The molecule has 1 saturated carbocycles. The largest absolute Gasteiger partial charge is 0.335 e. The normalized spacial score (nSPS) is 22.6. The number of imidazole rings is 1. The van der Waals surface area contributed by atoms with E-state index in [1.807, 2.05) is 12.4 Å². The molecule has 1 aliphatic carbocycles. The summed E-state index contributed by atoms with van der Waals surface area (Å²) in [5.41, 5.74) is 6.98. The summed E-state index contributed by atoms with van der Waals surface area (Å²) < 4.78 is 2.20. The van der Waals surface area contributed by atoms with Gasteiger partial charge in [-0.3, -0.25) is 0 Å². The van der Waals surface area contributed by atoms with Gasteiger partial charge in [0.15, 0.2) is 0 Å². The molecule has 1 fully saturated rings. The SMILES string of the molecule is CCn1ccnc1CC1(N)CCC(C)(C)CC1. The molecule has 0 atom stereocenters. The van der Waals surface area contributed by atoms with Crippen molar-refractivity contribution < 1.29 is 0 Å². The van der Waals surface area contributed by atoms with Crippen molar-refractivity contribution in [3.05, 3.63) is 18.2 Å². The lowest BCUT2D eigenvalue weighted by Gasteiger charge is -2.41. The van der Waals surface area contributed by atoms with Crippen LogP contribution in [0.25, 0.3) is 0 Å². The fourth-order valence-corrected chi connectivity index (χ4v) is 2.71. The Hall–Kier alpha value is -0.830. The maximum absolute atomic E-state index is 6.54. The van der Waals surface area contributed by atoms with Gasteiger partial charge in [-0.25, -0.2) is 4.98 Å². The van der Waals surface area contributed by atoms with Crippen molar-refractivity contribution in [3.63, 3.8) is 0 Å². The van der Waals surface area contributed by atoms with Crippen molar-refractivity contribution in [2.24, 2.45) is 11.1 Å². The van der Waals surface area contributed by atoms with E-state index in [2.05, 4.69) is 30.3 Å². The zero-order chi connectivity index (χ0) is 12.5. The van der Waals surface area contributed by atoms with Crippen molar-refractivity contribution in [1.82, 2.24) is 9.55 Å². The van der Waals surface area contributed by atoms with Gasteiger partial charge in [-0.15, -0.1) is 0 Å². The molecule has 0 spiro atoms. The van der Waals surface area contributed by atoms with Gasteiger partial charge in [0.1, 0.15) is 5.82 Å². The first-order chi connectivity index (χ1) is 7.94. The Bertz CT molecular complexity index is 369. The molecule has 0 bridgehead atoms. The molecule has 0 radical (unpaired) electrons. The van der Waals surface area contributed by atoms with Gasteiger partial charge >= 0.3 is 0 Å². The minimum Gasteiger partial charge on any atom is -0.335 e. The first-order valence-corrected chi connectivity index (χ1v) is 6.73. The van der Waals surface area contributed by atoms with Gasteiger partial charge in [-0.05, 0) is 38.0 Å². The van der Waals surface area contributed by atoms with Gasteiger partial charge < -0.3 is 10.3 Å². The van der Waals surface area contributed by atoms with Crippen LogP contribution in [0.3, 0.4) is 0 Å². The molecule has 0 aromatic carbocycles. The summed E-state index contributed by atoms with van der Waals surface area (Å²) in [5, 5.41) is 0. The number of nitrogens with two attached hydrogens (primary N) is 1. The standard InChI is InChI=1S/C14H25N3/c1-4-17-10-9-16-12(17)11-14(15)7-5-13(2,3)6-8-14/h9-10H,4-8,11,15H2,1-3H3. The Morgan fingerprint density at radius 2 is 1.94 bits per heavy atom. The summed E-state index contributed by atoms with van der Waals surface area (Å²) in [6.07, 6.45) is 9.56. The van der Waals surface area contributed by atoms with Crippen LogP contribution >= 0.6 is 0 Å². The summed E-state index contributed by atoms with van der Waals surface area (Å²) in [4.78, 5) is 4.45. The van der Waals surface area contributed by atoms with Crippen LogP contribution in [0.15, 0.2) is 12.4 Å². The third kappa shape index (κ3) is 2.89. The van der Waals surface area contributed by atoms with E-state index >= 15 is 0 Å². The zero-order valence-corrected chi connectivity index (χ0v) is 11.4. The molecule has 3 heteroatoms. The van der Waals surface area contributed by atoms with E-state index in [4.69, 9.17) is 5.73 Å². The molecule has 2 rings (SSSR count). The number of hydrogen-bond acceptors (Lipinski definition) is 2. The second-order valence-corrected chi connectivity index (χ2v) is 6.33. The molecule has 3 nitrogen and oxygen atoms in total. The molecule has 0 unspecified atom stereocenters. The third-order valence-corrected chi connectivity index (χ3v) is 4.25. The number of aromatic nitrogens is 2. The topological polar surface area (TPSA) is 43.8 Å². The van der Waals surface area contributed by atoms with Crippen LogP contribution in [0.1, 0.15) is 52.3 Å². The van der Waals surface area contributed by atoms with Crippen molar-refractivity contribution in [2.75, 3.05) is 0 Å². The lowest BCUT2D eigenvalue weighted by molar-refractivity contribution is 0.162. The first-order valence-electron chi connectivity index (χ1n) is 6.73. The van der Waals surface area contributed by atoms with Gasteiger partial charge in [0.05, 0.1) is 0 Å². The van der Waals surface area contributed by atoms with Crippen molar-refractivity contribution in [3.8, 4) is 0 Å². The average Bonchev–Trinajstić information content (AvgIpc) is 2.70. The van der Waals surface area contributed by atoms with Crippen LogP contribution in [0, 0.1) is 5.41 Å². The minimum absolute atomic E-state index is 0.0339. The Kier molecular flexibility index (Phi) is 3.30. The smallest absolute Gasteiger partial charge is 0.110 e.